The van der Waals surface area contributed by atoms with Crippen LogP contribution in [-0.2, 0) is 12.4 Å². The number of imidazole rings is 4. The maximum atomic E-state index is 13.8. The molecule has 129 heavy (non-hydrogen) atoms. The summed E-state index contributed by atoms with van der Waals surface area (Å²) in [5.41, 5.74) is -3.37. The predicted molar refractivity (Wildman–Crippen MR) is 417 cm³/mol. The topological polar surface area (TPSA) is 295 Å². The standard InChI is InChI=1S/C22H14F5N5O.C21H11F6N5.C21H12F5N5O.C20H10F6N6/c1-11-6-14(3-4-16(11)33-22(26)27)29-17-8-12(9-28)7-15(30-17)20-19(21(24)25)31-18-5-2-13(23)10-32(18)20;22-13-3-6-17-31-18(20(23)24)19(32(17)10-13)15-7-11(9-28)8-16(30-15)29-14-4-1-12(2-5-14)21(25,26)27;22-12-1-6-17-30-18(20(23)24)19(31(17)10-12)15-7-11(9-27)8-16(29-15)28-13-2-4-14(5-3-13)32-21(25)26;21-11-1-4-16-31-17(19(22)23)18(32(16)9-11)13-5-10(7-27)6-15(30-13)29-12-2-3-14(28-8-12)20(24,25)26/h2-8,10,21-22H,1H3,(H,29,30);1-8,10,20H,(H,29,30);1-8,10,20-21H,(H,28,29);1-6,8-9,19H,(H,29,30). The third-order valence-electron chi connectivity index (χ3n) is 17.9. The second-order valence-electron chi connectivity index (χ2n) is 26.6. The van der Waals surface area contributed by atoms with Gasteiger partial charge in [0.1, 0.15) is 132 Å². The lowest BCUT2D eigenvalue weighted by atomic mass is 10.1. The molecule has 23 nitrogen and oxygen atoms in total. The fourth-order valence-electron chi connectivity index (χ4n) is 12.5. The van der Waals surface area contributed by atoms with Crippen molar-refractivity contribution in [3.8, 4) is 81.3 Å². The number of nitrogens with zero attached hydrogens (tertiary/aromatic N) is 17. The number of anilines is 8. The minimum absolute atomic E-state index is 0.00990. The van der Waals surface area contributed by atoms with Crippen molar-refractivity contribution in [2.75, 3.05) is 21.3 Å². The van der Waals surface area contributed by atoms with E-state index in [9.17, 15) is 118 Å². The van der Waals surface area contributed by atoms with Crippen LogP contribution in [0, 0.1) is 75.5 Å². The van der Waals surface area contributed by atoms with Gasteiger partial charge in [0.2, 0.25) is 0 Å². The molecule has 13 heterocycles. The number of fused-ring (bicyclic) bond motifs is 4. The van der Waals surface area contributed by atoms with Crippen molar-refractivity contribution in [1.82, 2.24) is 62.5 Å². The van der Waals surface area contributed by atoms with E-state index in [1.165, 1.54) is 115 Å². The van der Waals surface area contributed by atoms with Gasteiger partial charge >= 0.3 is 25.6 Å². The minimum atomic E-state index is -4.62. The van der Waals surface area contributed by atoms with Crippen molar-refractivity contribution >= 4 is 68.6 Å². The van der Waals surface area contributed by atoms with Gasteiger partial charge in [-0.15, -0.1) is 0 Å². The van der Waals surface area contributed by atoms with E-state index in [1.807, 2.05) is 24.3 Å². The number of aryl methyl sites for hydroxylation is 1. The van der Waals surface area contributed by atoms with Crippen LogP contribution in [-0.4, -0.2) is 75.7 Å². The number of halogens is 22. The number of pyridine rings is 9. The molecule has 0 amide bonds. The molecule has 0 unspecified atom stereocenters. The molecular formula is C84H47F22N21O2. The van der Waals surface area contributed by atoms with Crippen LogP contribution in [0.15, 0.2) is 207 Å². The molecule has 0 radical (unpaired) electrons. The highest BCUT2D eigenvalue weighted by molar-refractivity contribution is 5.75. The average Bonchev–Trinajstić information content (AvgIpc) is 1.64. The number of hydrogen-bond donors (Lipinski definition) is 4. The van der Waals surface area contributed by atoms with Crippen LogP contribution < -0.4 is 30.7 Å². The third kappa shape index (κ3) is 21.3. The summed E-state index contributed by atoms with van der Waals surface area (Å²) in [6.07, 6.45) is -16.3. The molecule has 0 atom stereocenters. The molecule has 0 saturated carbocycles. The Kier molecular flexibility index (Phi) is 26.4. The Morgan fingerprint density at radius 1 is 0.333 bits per heavy atom. The predicted octanol–water partition coefficient (Wildman–Crippen LogP) is 23.3. The molecular weight excluding hydrogens is 1750 g/mol. The lowest BCUT2D eigenvalue weighted by molar-refractivity contribution is -0.141. The fourth-order valence-corrected chi connectivity index (χ4v) is 12.5. The summed E-state index contributed by atoms with van der Waals surface area (Å²) >= 11 is 0. The molecule has 0 spiro atoms. The van der Waals surface area contributed by atoms with E-state index in [2.05, 4.69) is 75.6 Å². The first-order chi connectivity index (χ1) is 61.4. The molecule has 3 aromatic carbocycles. The highest BCUT2D eigenvalue weighted by Crippen LogP contribution is 2.41. The van der Waals surface area contributed by atoms with Gasteiger partial charge in [0, 0.05) is 41.8 Å². The smallest absolute Gasteiger partial charge is 0.433 e. The van der Waals surface area contributed by atoms with Gasteiger partial charge in [-0.2, -0.15) is 65.0 Å². The molecule has 0 fully saturated rings. The number of nitrogens with one attached hydrogen (secondary N) is 4. The zero-order valence-electron chi connectivity index (χ0n) is 64.3. The minimum Gasteiger partial charge on any atom is -0.435 e. The van der Waals surface area contributed by atoms with Gasteiger partial charge in [0.05, 0.1) is 86.8 Å². The zero-order valence-corrected chi connectivity index (χ0v) is 64.3. The molecule has 0 saturated heterocycles. The van der Waals surface area contributed by atoms with Gasteiger partial charge in [-0.25, -0.2) is 97.5 Å². The lowest BCUT2D eigenvalue weighted by Gasteiger charge is -2.12. The SMILES string of the molecule is Cc1cc(Nc2cc(C#N)cc(-c3c(C(F)F)nc4ccc(F)cn34)n2)ccc1OC(F)F.N#Cc1cc(Nc2ccc(C(F)(F)F)cc2)nc(-c2c(C(F)F)nc3ccc(F)cn23)c1.N#Cc1cc(Nc2ccc(C(F)(F)F)nc2)nc(-c2c(C(F)F)nc3ccc(F)cn23)c1.N#Cc1cc(Nc2ccc(OC(F)F)cc2)nc(-c2c(C(F)F)nc3ccc(F)cn23)c1. The normalized spacial score (nSPS) is 11.4. The molecule has 16 rings (SSSR count). The van der Waals surface area contributed by atoms with E-state index in [-0.39, 0.29) is 137 Å². The Balaban J connectivity index is 0.000000147. The number of ether oxygens (including phenoxy) is 2. The van der Waals surface area contributed by atoms with Gasteiger partial charge in [0.25, 0.3) is 25.7 Å². The Hall–Kier alpha value is -16.6. The summed E-state index contributed by atoms with van der Waals surface area (Å²) < 4.78 is 303. The third-order valence-corrected chi connectivity index (χ3v) is 17.9. The van der Waals surface area contributed by atoms with E-state index in [1.54, 1.807) is 6.92 Å². The van der Waals surface area contributed by atoms with Crippen molar-refractivity contribution in [3.05, 3.63) is 292 Å². The van der Waals surface area contributed by atoms with E-state index in [0.717, 1.165) is 109 Å². The van der Waals surface area contributed by atoms with E-state index >= 15 is 0 Å². The van der Waals surface area contributed by atoms with Crippen LogP contribution in [0.4, 0.5) is 143 Å². The first kappa shape index (κ1) is 90.1. The zero-order chi connectivity index (χ0) is 92.6. The van der Waals surface area contributed by atoms with Crippen LogP contribution in [0.1, 0.15) is 87.6 Å². The lowest BCUT2D eigenvalue weighted by Crippen LogP contribution is -2.07. The summed E-state index contributed by atoms with van der Waals surface area (Å²) in [5.74, 6) is -2.57. The van der Waals surface area contributed by atoms with Crippen molar-refractivity contribution in [2.45, 2.75) is 58.2 Å². The van der Waals surface area contributed by atoms with E-state index in [0.29, 0.717) is 16.9 Å². The quantitative estimate of drug-likeness (QED) is 0.0516. The Morgan fingerprint density at radius 3 is 0.915 bits per heavy atom. The summed E-state index contributed by atoms with van der Waals surface area (Å²) in [6.45, 7) is -4.38. The Labute approximate surface area is 708 Å². The molecule has 4 N–H and O–H groups in total. The highest BCUT2D eigenvalue weighted by Gasteiger charge is 2.34. The van der Waals surface area contributed by atoms with Gasteiger partial charge in [0.15, 0.2) is 0 Å². The molecule has 0 aliphatic carbocycles. The summed E-state index contributed by atoms with van der Waals surface area (Å²) in [6, 6.07) is 42.9. The van der Waals surface area contributed by atoms with Gasteiger partial charge in [-0.05, 0) is 188 Å². The van der Waals surface area contributed by atoms with Crippen molar-refractivity contribution in [1.29, 1.82) is 21.0 Å². The molecule has 0 bridgehead atoms. The molecule has 654 valence electrons. The first-order valence-corrected chi connectivity index (χ1v) is 36.3. The Bertz CT molecular complexity index is 6830. The van der Waals surface area contributed by atoms with Crippen LogP contribution in [0.5, 0.6) is 11.5 Å². The number of hydrogen-bond acceptors (Lipinski definition) is 19. The Morgan fingerprint density at radius 2 is 0.636 bits per heavy atom. The average molecular weight is 1800 g/mol. The molecule has 0 aliphatic heterocycles. The number of aromatic nitrogens is 13. The second-order valence-corrected chi connectivity index (χ2v) is 26.6. The first-order valence-electron chi connectivity index (χ1n) is 36.3. The fraction of sp³-hybridized carbons (Fsp3) is 0.107. The highest BCUT2D eigenvalue weighted by atomic mass is 19.4. The summed E-state index contributed by atoms with van der Waals surface area (Å²) in [7, 11) is 0. The number of benzene rings is 3. The van der Waals surface area contributed by atoms with E-state index < -0.39 is 109 Å². The van der Waals surface area contributed by atoms with Gasteiger partial charge in [-0.1, -0.05) is 0 Å². The number of nitriles is 4. The van der Waals surface area contributed by atoms with Crippen molar-refractivity contribution in [2.24, 2.45) is 0 Å². The number of alkyl halides is 18. The van der Waals surface area contributed by atoms with Crippen LogP contribution in [0.25, 0.3) is 68.1 Å². The van der Waals surface area contributed by atoms with Crippen molar-refractivity contribution in [3.63, 3.8) is 0 Å². The van der Waals surface area contributed by atoms with Crippen LogP contribution in [0.2, 0.25) is 0 Å². The molecule has 16 aromatic rings. The molecule has 13 aromatic heterocycles. The maximum Gasteiger partial charge on any atom is 0.433 e. The molecule has 45 heteroatoms. The van der Waals surface area contributed by atoms with Crippen LogP contribution in [0.3, 0.4) is 0 Å². The second kappa shape index (κ2) is 37.8. The van der Waals surface area contributed by atoms with Crippen LogP contribution >= 0.6 is 0 Å². The maximum absolute atomic E-state index is 13.8. The largest absolute Gasteiger partial charge is 0.435 e. The van der Waals surface area contributed by atoms with Gasteiger partial charge in [-0.3, -0.25) is 17.6 Å². The van der Waals surface area contributed by atoms with Gasteiger partial charge < -0.3 is 30.7 Å². The van der Waals surface area contributed by atoms with E-state index in [4.69, 9.17) is 0 Å². The summed E-state index contributed by atoms with van der Waals surface area (Å²) in [4.78, 5) is 35.7. The summed E-state index contributed by atoms with van der Waals surface area (Å²) in [5, 5.41) is 48.7. The number of rotatable bonds is 20. The van der Waals surface area contributed by atoms with Crippen molar-refractivity contribution < 1.29 is 106 Å². The monoisotopic (exact) mass is 1800 g/mol. The molecule has 0 aliphatic rings.